The highest BCUT2D eigenvalue weighted by Gasteiger charge is 2.34. The van der Waals surface area contributed by atoms with E-state index in [-0.39, 0.29) is 11.9 Å². The number of nitrogens with one attached hydrogen (secondary N) is 1. The summed E-state index contributed by atoms with van der Waals surface area (Å²) in [4.78, 5) is 21.7. The highest BCUT2D eigenvalue weighted by Crippen LogP contribution is 2.22. The van der Waals surface area contributed by atoms with Gasteiger partial charge in [0, 0.05) is 50.5 Å². The predicted molar refractivity (Wildman–Crippen MR) is 110 cm³/mol. The quantitative estimate of drug-likeness (QED) is 0.759. The summed E-state index contributed by atoms with van der Waals surface area (Å²) < 4.78 is 5.63. The summed E-state index contributed by atoms with van der Waals surface area (Å²) in [5.74, 6) is 0.938. The number of carbonyl (C=O) groups is 1. The van der Waals surface area contributed by atoms with Gasteiger partial charge >= 0.3 is 0 Å². The SMILES string of the molecule is CCOc1ccccc1C(=O)N[C@@H]1CN(Cc2cccnc2)C[C@H]1CN(C)C. The smallest absolute Gasteiger partial charge is 0.255 e. The molecule has 1 amide bonds. The van der Waals surface area contributed by atoms with E-state index in [2.05, 4.69) is 40.3 Å². The van der Waals surface area contributed by atoms with E-state index in [1.165, 1.54) is 5.56 Å². The van der Waals surface area contributed by atoms with Crippen LogP contribution in [0.5, 0.6) is 5.75 Å². The first-order chi connectivity index (χ1) is 13.6. The Hall–Kier alpha value is -2.44. The summed E-state index contributed by atoms with van der Waals surface area (Å²) in [5, 5.41) is 3.26. The number of hydrogen-bond acceptors (Lipinski definition) is 5. The average Bonchev–Trinajstić information content (AvgIpc) is 3.03. The lowest BCUT2D eigenvalue weighted by Crippen LogP contribution is -2.43. The van der Waals surface area contributed by atoms with Crippen molar-refractivity contribution in [2.45, 2.75) is 19.5 Å². The second-order valence-corrected chi connectivity index (χ2v) is 7.59. The van der Waals surface area contributed by atoms with Crippen LogP contribution < -0.4 is 10.1 Å². The van der Waals surface area contributed by atoms with Gasteiger partial charge in [-0.05, 0) is 44.8 Å². The summed E-state index contributed by atoms with van der Waals surface area (Å²) >= 11 is 0. The van der Waals surface area contributed by atoms with Crippen molar-refractivity contribution >= 4 is 5.91 Å². The van der Waals surface area contributed by atoms with Gasteiger partial charge in [0.25, 0.3) is 5.91 Å². The molecule has 2 atom stereocenters. The van der Waals surface area contributed by atoms with Crippen molar-refractivity contribution in [2.24, 2.45) is 5.92 Å². The summed E-state index contributed by atoms with van der Waals surface area (Å²) in [6, 6.07) is 11.6. The van der Waals surface area contributed by atoms with Crippen LogP contribution in [0.25, 0.3) is 0 Å². The third-order valence-electron chi connectivity index (χ3n) is 4.99. The van der Waals surface area contributed by atoms with Gasteiger partial charge in [0.2, 0.25) is 0 Å². The monoisotopic (exact) mass is 382 g/mol. The number of likely N-dealkylation sites (tertiary alicyclic amines) is 1. The molecule has 0 spiro atoms. The molecular formula is C22H30N4O2. The molecule has 150 valence electrons. The molecule has 1 saturated heterocycles. The lowest BCUT2D eigenvalue weighted by molar-refractivity contribution is 0.0923. The molecule has 1 aromatic heterocycles. The van der Waals surface area contributed by atoms with Gasteiger partial charge in [0.1, 0.15) is 5.75 Å². The number of hydrogen-bond donors (Lipinski definition) is 1. The Labute approximate surface area is 167 Å². The first-order valence-corrected chi connectivity index (χ1v) is 9.85. The Morgan fingerprint density at radius 3 is 2.79 bits per heavy atom. The fourth-order valence-electron chi connectivity index (χ4n) is 3.84. The van der Waals surface area contributed by atoms with Crippen LogP contribution in [-0.2, 0) is 6.54 Å². The first-order valence-electron chi connectivity index (χ1n) is 9.85. The topological polar surface area (TPSA) is 57.7 Å². The van der Waals surface area contributed by atoms with Crippen LogP contribution in [0.1, 0.15) is 22.8 Å². The second kappa shape index (κ2) is 9.66. The van der Waals surface area contributed by atoms with E-state index in [4.69, 9.17) is 4.74 Å². The third kappa shape index (κ3) is 5.30. The molecule has 0 unspecified atom stereocenters. The number of para-hydroxylation sites is 1. The largest absolute Gasteiger partial charge is 0.493 e. The summed E-state index contributed by atoms with van der Waals surface area (Å²) in [7, 11) is 4.15. The van der Waals surface area contributed by atoms with Crippen LogP contribution in [0.4, 0.5) is 0 Å². The third-order valence-corrected chi connectivity index (χ3v) is 4.99. The van der Waals surface area contributed by atoms with Crippen LogP contribution in [0.2, 0.25) is 0 Å². The number of nitrogens with zero attached hydrogens (tertiary/aromatic N) is 3. The minimum atomic E-state index is -0.0685. The molecule has 0 bridgehead atoms. The van der Waals surface area contributed by atoms with E-state index in [0.29, 0.717) is 23.8 Å². The van der Waals surface area contributed by atoms with Crippen molar-refractivity contribution in [1.82, 2.24) is 20.1 Å². The maximum Gasteiger partial charge on any atom is 0.255 e. The molecule has 2 aromatic rings. The molecule has 1 N–H and O–H groups in total. The van der Waals surface area contributed by atoms with Crippen LogP contribution in [0.15, 0.2) is 48.8 Å². The molecule has 0 aliphatic carbocycles. The average molecular weight is 383 g/mol. The van der Waals surface area contributed by atoms with E-state index >= 15 is 0 Å². The van der Waals surface area contributed by atoms with Crippen molar-refractivity contribution in [1.29, 1.82) is 0 Å². The lowest BCUT2D eigenvalue weighted by atomic mass is 10.0. The first kappa shape index (κ1) is 20.3. The molecule has 6 nitrogen and oxygen atoms in total. The minimum absolute atomic E-state index is 0.0685. The molecule has 0 saturated carbocycles. The lowest BCUT2D eigenvalue weighted by Gasteiger charge is -2.23. The number of ether oxygens (including phenoxy) is 1. The zero-order chi connectivity index (χ0) is 19.9. The van der Waals surface area contributed by atoms with E-state index in [9.17, 15) is 4.79 Å². The molecule has 1 aliphatic rings. The van der Waals surface area contributed by atoms with E-state index < -0.39 is 0 Å². The molecule has 28 heavy (non-hydrogen) atoms. The van der Waals surface area contributed by atoms with Crippen LogP contribution >= 0.6 is 0 Å². The fourth-order valence-corrected chi connectivity index (χ4v) is 3.84. The van der Waals surface area contributed by atoms with Crippen LogP contribution in [0, 0.1) is 5.92 Å². The molecule has 1 fully saturated rings. The number of benzene rings is 1. The van der Waals surface area contributed by atoms with Crippen molar-refractivity contribution in [3.63, 3.8) is 0 Å². The van der Waals surface area contributed by atoms with Gasteiger partial charge in [-0.3, -0.25) is 14.7 Å². The van der Waals surface area contributed by atoms with Crippen molar-refractivity contribution in [3.05, 3.63) is 59.9 Å². The molecule has 3 rings (SSSR count). The van der Waals surface area contributed by atoms with Crippen molar-refractivity contribution < 1.29 is 9.53 Å². The number of rotatable bonds is 8. The van der Waals surface area contributed by atoms with Gasteiger partial charge in [-0.1, -0.05) is 18.2 Å². The van der Waals surface area contributed by atoms with Gasteiger partial charge in [-0.15, -0.1) is 0 Å². The standard InChI is InChI=1S/C22H30N4O2/c1-4-28-21-10-6-5-9-19(21)22(27)24-20-16-26(15-18(20)14-25(2)3)13-17-8-7-11-23-12-17/h5-12,18,20H,4,13-16H2,1-3H3,(H,24,27)/t18-,20-/m1/s1. The highest BCUT2D eigenvalue weighted by molar-refractivity contribution is 5.97. The maximum atomic E-state index is 13.0. The van der Waals surface area contributed by atoms with Gasteiger partial charge in [-0.2, -0.15) is 0 Å². The molecule has 1 aromatic carbocycles. The number of aromatic nitrogens is 1. The van der Waals surface area contributed by atoms with Crippen molar-refractivity contribution in [2.75, 3.05) is 40.3 Å². The van der Waals surface area contributed by atoms with Crippen LogP contribution in [0.3, 0.4) is 0 Å². The Morgan fingerprint density at radius 1 is 1.25 bits per heavy atom. The minimum Gasteiger partial charge on any atom is -0.493 e. The summed E-state index contributed by atoms with van der Waals surface area (Å²) in [6.07, 6.45) is 3.70. The maximum absolute atomic E-state index is 13.0. The van der Waals surface area contributed by atoms with Gasteiger partial charge in [-0.25, -0.2) is 0 Å². The molecule has 6 heteroatoms. The Morgan fingerprint density at radius 2 is 2.07 bits per heavy atom. The molecule has 1 aliphatic heterocycles. The second-order valence-electron chi connectivity index (χ2n) is 7.59. The fraction of sp³-hybridized carbons (Fsp3) is 0.455. The van der Waals surface area contributed by atoms with Gasteiger partial charge in [0.05, 0.1) is 12.2 Å². The normalized spacial score (nSPS) is 19.7. The van der Waals surface area contributed by atoms with Crippen molar-refractivity contribution in [3.8, 4) is 5.75 Å². The number of carbonyl (C=O) groups excluding carboxylic acids is 1. The van der Waals surface area contributed by atoms with E-state index in [0.717, 1.165) is 26.2 Å². The Kier molecular flexibility index (Phi) is 7.01. The van der Waals surface area contributed by atoms with Gasteiger partial charge in [0.15, 0.2) is 0 Å². The van der Waals surface area contributed by atoms with Crippen LogP contribution in [-0.4, -0.2) is 67.1 Å². The Bertz CT molecular complexity index is 766. The zero-order valence-electron chi connectivity index (χ0n) is 17.0. The molecule has 0 radical (unpaired) electrons. The molecular weight excluding hydrogens is 352 g/mol. The zero-order valence-corrected chi connectivity index (χ0v) is 17.0. The highest BCUT2D eigenvalue weighted by atomic mass is 16.5. The Balaban J connectivity index is 1.70. The summed E-state index contributed by atoms with van der Waals surface area (Å²) in [6.45, 7) is 6.02. The number of pyridine rings is 1. The predicted octanol–water partition coefficient (Wildman–Crippen LogP) is 2.27. The van der Waals surface area contributed by atoms with E-state index in [1.807, 2.05) is 43.5 Å². The van der Waals surface area contributed by atoms with E-state index in [1.54, 1.807) is 6.20 Å². The number of amides is 1. The summed E-state index contributed by atoms with van der Waals surface area (Å²) in [5.41, 5.74) is 1.79. The van der Waals surface area contributed by atoms with Gasteiger partial charge < -0.3 is 15.0 Å². The molecule has 2 heterocycles.